The highest BCUT2D eigenvalue weighted by Gasteiger charge is 2.32. The van der Waals surface area contributed by atoms with Crippen LogP contribution in [0.1, 0.15) is 34.3 Å². The van der Waals surface area contributed by atoms with Crippen molar-refractivity contribution in [2.45, 2.75) is 19.8 Å². The van der Waals surface area contributed by atoms with E-state index in [1.54, 1.807) is 0 Å². The van der Waals surface area contributed by atoms with E-state index in [2.05, 4.69) is 0 Å². The summed E-state index contributed by atoms with van der Waals surface area (Å²) in [5.41, 5.74) is 2.66. The summed E-state index contributed by atoms with van der Waals surface area (Å²) in [7, 11) is 0. The van der Waals surface area contributed by atoms with Gasteiger partial charge in [0.1, 0.15) is 18.1 Å². The van der Waals surface area contributed by atoms with Crippen LogP contribution in [0.15, 0.2) is 42.5 Å². The van der Waals surface area contributed by atoms with Crippen molar-refractivity contribution < 1.29 is 14.3 Å². The summed E-state index contributed by atoms with van der Waals surface area (Å²) in [6.07, 6.45) is 0. The molecule has 21 heavy (non-hydrogen) atoms. The lowest BCUT2D eigenvalue weighted by Crippen LogP contribution is -2.16. The number of rotatable bonds is 4. The first-order chi connectivity index (χ1) is 10.2. The van der Waals surface area contributed by atoms with Crippen LogP contribution in [-0.2, 0) is 0 Å². The summed E-state index contributed by atoms with van der Waals surface area (Å²) in [4.78, 5) is 12.9. The predicted molar refractivity (Wildman–Crippen MR) is 81.4 cm³/mol. The van der Waals surface area contributed by atoms with Crippen LogP contribution in [0.2, 0.25) is 0 Å². The number of hydrogen-bond donors (Lipinski definition) is 0. The van der Waals surface area contributed by atoms with E-state index in [0.29, 0.717) is 24.5 Å². The van der Waals surface area contributed by atoms with Gasteiger partial charge in [-0.05, 0) is 32.0 Å². The van der Waals surface area contributed by atoms with E-state index in [-0.39, 0.29) is 11.7 Å². The molecule has 0 saturated heterocycles. The summed E-state index contributed by atoms with van der Waals surface area (Å²) in [5, 5.41) is 0. The van der Waals surface area contributed by atoms with Gasteiger partial charge in [0.2, 0.25) is 0 Å². The summed E-state index contributed by atoms with van der Waals surface area (Å²) < 4.78 is 11.2. The average molecular weight is 282 g/mol. The maximum absolute atomic E-state index is 12.9. The molecule has 0 spiro atoms. The highest BCUT2D eigenvalue weighted by molar-refractivity contribution is 6.04. The summed E-state index contributed by atoms with van der Waals surface area (Å²) in [5.74, 6) is 1.27. The topological polar surface area (TPSA) is 35.5 Å². The van der Waals surface area contributed by atoms with Crippen LogP contribution in [0.25, 0.3) is 0 Å². The molecule has 2 aromatic rings. The number of aryl methyl sites for hydroxylation is 1. The second-order valence-corrected chi connectivity index (χ2v) is 5.20. The van der Waals surface area contributed by atoms with Crippen LogP contribution in [0.5, 0.6) is 11.5 Å². The van der Waals surface area contributed by atoms with Crippen LogP contribution >= 0.6 is 0 Å². The summed E-state index contributed by atoms with van der Waals surface area (Å²) >= 11 is 0. The molecule has 0 bridgehead atoms. The lowest BCUT2D eigenvalue weighted by atomic mass is 9.91. The second-order valence-electron chi connectivity index (χ2n) is 5.20. The average Bonchev–Trinajstić information content (AvgIpc) is 2.92. The monoisotopic (exact) mass is 282 g/mol. The lowest BCUT2D eigenvalue weighted by Gasteiger charge is -2.13. The number of fused-ring (bicyclic) bond motifs is 1. The molecule has 1 aliphatic rings. The number of hydrogen-bond acceptors (Lipinski definition) is 3. The molecule has 0 amide bonds. The van der Waals surface area contributed by atoms with Gasteiger partial charge in [-0.2, -0.15) is 0 Å². The summed E-state index contributed by atoms with van der Waals surface area (Å²) in [6.45, 7) is 4.84. The van der Waals surface area contributed by atoms with Gasteiger partial charge < -0.3 is 9.47 Å². The smallest absolute Gasteiger partial charge is 0.177 e. The zero-order chi connectivity index (χ0) is 14.8. The third kappa shape index (κ3) is 2.51. The van der Waals surface area contributed by atoms with E-state index >= 15 is 0 Å². The van der Waals surface area contributed by atoms with Gasteiger partial charge in [-0.3, -0.25) is 4.79 Å². The minimum Gasteiger partial charge on any atom is -0.493 e. The minimum atomic E-state index is -0.248. The molecular formula is C18H18O3. The molecule has 1 heterocycles. The predicted octanol–water partition coefficient (Wildman–Crippen LogP) is 3.75. The van der Waals surface area contributed by atoms with Gasteiger partial charge in [0.15, 0.2) is 5.78 Å². The third-order valence-corrected chi connectivity index (χ3v) is 3.72. The van der Waals surface area contributed by atoms with Gasteiger partial charge in [0.25, 0.3) is 0 Å². The number of ketones is 1. The van der Waals surface area contributed by atoms with Crippen molar-refractivity contribution in [1.82, 2.24) is 0 Å². The number of carbonyl (C=O) groups is 1. The van der Waals surface area contributed by atoms with Crippen LogP contribution in [0.3, 0.4) is 0 Å². The van der Waals surface area contributed by atoms with E-state index in [0.717, 1.165) is 16.9 Å². The molecule has 0 N–H and O–H groups in total. The largest absolute Gasteiger partial charge is 0.493 e. The van der Waals surface area contributed by atoms with Gasteiger partial charge in [-0.1, -0.05) is 29.8 Å². The van der Waals surface area contributed by atoms with Gasteiger partial charge >= 0.3 is 0 Å². The van der Waals surface area contributed by atoms with Crippen molar-refractivity contribution in [3.8, 4) is 11.5 Å². The van der Waals surface area contributed by atoms with Crippen LogP contribution in [-0.4, -0.2) is 19.0 Å². The van der Waals surface area contributed by atoms with Crippen molar-refractivity contribution in [2.24, 2.45) is 0 Å². The highest BCUT2D eigenvalue weighted by Crippen LogP contribution is 2.37. The van der Waals surface area contributed by atoms with E-state index in [1.807, 2.05) is 56.3 Å². The Morgan fingerprint density at radius 1 is 1.29 bits per heavy atom. The number of ether oxygens (including phenoxy) is 2. The zero-order valence-corrected chi connectivity index (χ0v) is 12.3. The molecule has 3 heteroatoms. The molecule has 1 atom stereocenters. The normalized spacial score (nSPS) is 16.2. The molecule has 0 aromatic heterocycles. The number of Topliss-reactive ketones (excluding diaryl/α,β-unsaturated/α-hetero) is 1. The Bertz CT molecular complexity index is 676. The minimum absolute atomic E-state index is 0.0621. The standard InChI is InChI=1S/C18H18O3/c1-3-20-17-9-8-12(2)10-14(17)18(19)15-11-21-16-7-5-4-6-13(15)16/h4-10,15H,3,11H2,1-2H3. The molecule has 0 radical (unpaired) electrons. The van der Waals surface area contributed by atoms with Gasteiger partial charge in [-0.25, -0.2) is 0 Å². The number of benzene rings is 2. The van der Waals surface area contributed by atoms with Crippen molar-refractivity contribution >= 4 is 5.78 Å². The first kappa shape index (κ1) is 13.7. The lowest BCUT2D eigenvalue weighted by molar-refractivity contribution is 0.0943. The van der Waals surface area contributed by atoms with Crippen LogP contribution in [0, 0.1) is 6.92 Å². The van der Waals surface area contributed by atoms with E-state index in [4.69, 9.17) is 9.47 Å². The SMILES string of the molecule is CCOc1ccc(C)cc1C(=O)C1COc2ccccc21. The van der Waals surface area contributed by atoms with Crippen molar-refractivity contribution in [2.75, 3.05) is 13.2 Å². The molecule has 0 aliphatic carbocycles. The molecule has 108 valence electrons. The molecule has 2 aromatic carbocycles. The fourth-order valence-corrected chi connectivity index (χ4v) is 2.69. The van der Waals surface area contributed by atoms with E-state index in [9.17, 15) is 4.79 Å². The highest BCUT2D eigenvalue weighted by atomic mass is 16.5. The third-order valence-electron chi connectivity index (χ3n) is 3.72. The van der Waals surface area contributed by atoms with Gasteiger partial charge in [-0.15, -0.1) is 0 Å². The quantitative estimate of drug-likeness (QED) is 0.801. The van der Waals surface area contributed by atoms with Crippen LogP contribution in [0.4, 0.5) is 0 Å². The second kappa shape index (κ2) is 5.60. The van der Waals surface area contributed by atoms with Gasteiger partial charge in [0.05, 0.1) is 18.1 Å². The molecule has 1 aliphatic heterocycles. The zero-order valence-electron chi connectivity index (χ0n) is 12.3. The Balaban J connectivity index is 1.98. The van der Waals surface area contributed by atoms with Crippen molar-refractivity contribution in [3.63, 3.8) is 0 Å². The van der Waals surface area contributed by atoms with Crippen molar-refractivity contribution in [3.05, 3.63) is 59.2 Å². The first-order valence-electron chi connectivity index (χ1n) is 7.20. The molecule has 3 rings (SSSR count). The maximum atomic E-state index is 12.9. The Morgan fingerprint density at radius 2 is 2.10 bits per heavy atom. The number of para-hydroxylation sites is 1. The fraction of sp³-hybridized carbons (Fsp3) is 0.278. The Morgan fingerprint density at radius 3 is 2.90 bits per heavy atom. The van der Waals surface area contributed by atoms with Crippen LogP contribution < -0.4 is 9.47 Å². The molecule has 3 nitrogen and oxygen atoms in total. The van der Waals surface area contributed by atoms with E-state index in [1.165, 1.54) is 0 Å². The van der Waals surface area contributed by atoms with E-state index < -0.39 is 0 Å². The number of carbonyl (C=O) groups excluding carboxylic acids is 1. The Kier molecular flexibility index (Phi) is 3.65. The molecule has 1 unspecified atom stereocenters. The molecule has 0 fully saturated rings. The Labute approximate surface area is 124 Å². The first-order valence-corrected chi connectivity index (χ1v) is 7.20. The van der Waals surface area contributed by atoms with Crippen molar-refractivity contribution in [1.29, 1.82) is 0 Å². The molecular weight excluding hydrogens is 264 g/mol. The fourth-order valence-electron chi connectivity index (χ4n) is 2.69. The Hall–Kier alpha value is -2.29. The summed E-state index contributed by atoms with van der Waals surface area (Å²) in [6, 6.07) is 13.4. The maximum Gasteiger partial charge on any atom is 0.177 e. The molecule has 0 saturated carbocycles. The van der Waals surface area contributed by atoms with Gasteiger partial charge in [0, 0.05) is 5.56 Å².